The van der Waals surface area contributed by atoms with Crippen molar-refractivity contribution in [2.75, 3.05) is 7.11 Å². The number of carbonyl (C=O) groups excluding carboxylic acids is 1. The third kappa shape index (κ3) is 3.55. The number of ether oxygens (including phenoxy) is 1. The number of hydrogen-bond acceptors (Lipinski definition) is 6. The van der Waals surface area contributed by atoms with Crippen molar-refractivity contribution >= 4 is 38.8 Å². The second kappa shape index (κ2) is 6.05. The van der Waals surface area contributed by atoms with E-state index in [1.165, 1.54) is 44.4 Å². The van der Waals surface area contributed by atoms with Crippen LogP contribution in [0, 0.1) is 0 Å². The third-order valence-corrected chi connectivity index (χ3v) is 5.48. The van der Waals surface area contributed by atoms with E-state index in [1.807, 2.05) is 0 Å². The Bertz CT molecular complexity index is 780. The van der Waals surface area contributed by atoms with Crippen molar-refractivity contribution in [2.45, 2.75) is 11.1 Å². The first-order chi connectivity index (χ1) is 9.83. The molecule has 1 aromatic heterocycles. The van der Waals surface area contributed by atoms with Gasteiger partial charge in [0.25, 0.3) is 0 Å². The second-order valence-corrected chi connectivity index (χ2v) is 7.51. The Labute approximate surface area is 131 Å². The molecule has 0 spiro atoms. The van der Waals surface area contributed by atoms with Crippen LogP contribution in [0.5, 0.6) is 11.5 Å². The van der Waals surface area contributed by atoms with Crippen LogP contribution < -0.4 is 8.92 Å². The lowest BCUT2D eigenvalue weighted by atomic mass is 10.1. The van der Waals surface area contributed by atoms with Crippen LogP contribution in [-0.2, 0) is 10.1 Å². The fourth-order valence-electron chi connectivity index (χ4n) is 1.55. The molecule has 0 unspecified atom stereocenters. The topological polar surface area (TPSA) is 69.7 Å². The van der Waals surface area contributed by atoms with Crippen molar-refractivity contribution < 1.29 is 22.1 Å². The van der Waals surface area contributed by atoms with Gasteiger partial charge in [-0.1, -0.05) is 11.6 Å². The van der Waals surface area contributed by atoms with Crippen molar-refractivity contribution in [3.8, 4) is 11.5 Å². The maximum Gasteiger partial charge on any atom is 0.348 e. The van der Waals surface area contributed by atoms with Crippen LogP contribution in [0.1, 0.15) is 17.3 Å². The van der Waals surface area contributed by atoms with Crippen molar-refractivity contribution in [1.29, 1.82) is 0 Å². The van der Waals surface area contributed by atoms with Crippen molar-refractivity contribution in [3.63, 3.8) is 0 Å². The van der Waals surface area contributed by atoms with Gasteiger partial charge in [-0.05, 0) is 37.3 Å². The predicted molar refractivity (Wildman–Crippen MR) is 80.1 cm³/mol. The lowest BCUT2D eigenvalue weighted by molar-refractivity contribution is 0.101. The summed E-state index contributed by atoms with van der Waals surface area (Å²) < 4.78 is 34.7. The highest BCUT2D eigenvalue weighted by Gasteiger charge is 2.21. The Morgan fingerprint density at radius 2 is 1.90 bits per heavy atom. The smallest absolute Gasteiger partial charge is 0.348 e. The van der Waals surface area contributed by atoms with E-state index >= 15 is 0 Å². The van der Waals surface area contributed by atoms with E-state index < -0.39 is 10.1 Å². The molecule has 0 N–H and O–H groups in total. The quantitative estimate of drug-likeness (QED) is 0.613. The van der Waals surface area contributed by atoms with Crippen LogP contribution >= 0.6 is 22.9 Å². The summed E-state index contributed by atoms with van der Waals surface area (Å²) in [6.45, 7) is 1.40. The van der Waals surface area contributed by atoms with Gasteiger partial charge in [-0.3, -0.25) is 4.79 Å². The van der Waals surface area contributed by atoms with Gasteiger partial charge >= 0.3 is 10.1 Å². The first-order valence-corrected chi connectivity index (χ1v) is 8.32. The monoisotopic (exact) mass is 346 g/mol. The molecule has 0 aliphatic rings. The zero-order valence-electron chi connectivity index (χ0n) is 11.1. The van der Waals surface area contributed by atoms with Gasteiger partial charge in [-0.25, -0.2) is 0 Å². The summed E-state index contributed by atoms with van der Waals surface area (Å²) in [4.78, 5) is 11.3. The van der Waals surface area contributed by atoms with E-state index in [1.54, 1.807) is 0 Å². The maximum absolute atomic E-state index is 12.1. The molecule has 1 aromatic carbocycles. The van der Waals surface area contributed by atoms with Gasteiger partial charge in [0.15, 0.2) is 21.5 Å². The molecule has 0 bridgehead atoms. The van der Waals surface area contributed by atoms with Crippen LogP contribution in [0.15, 0.2) is 34.5 Å². The average molecular weight is 347 g/mol. The van der Waals surface area contributed by atoms with Gasteiger partial charge < -0.3 is 8.92 Å². The third-order valence-electron chi connectivity index (χ3n) is 2.56. The van der Waals surface area contributed by atoms with Crippen LogP contribution in [0.3, 0.4) is 0 Å². The molecule has 2 rings (SSSR count). The molecule has 112 valence electrons. The molecule has 5 nitrogen and oxygen atoms in total. The van der Waals surface area contributed by atoms with Crippen molar-refractivity contribution in [2.24, 2.45) is 0 Å². The summed E-state index contributed by atoms with van der Waals surface area (Å²) in [6.07, 6.45) is 0. The molecule has 0 amide bonds. The zero-order chi connectivity index (χ0) is 15.6. The lowest BCUT2D eigenvalue weighted by Crippen LogP contribution is -2.09. The standard InChI is InChI=1S/C13H11ClO5S2/c1-8(15)9-3-4-10(11(7-9)18-2)19-21(16,17)13-6-5-12(14)20-13/h3-7H,1-2H3. The van der Waals surface area contributed by atoms with Crippen molar-refractivity contribution in [3.05, 3.63) is 40.2 Å². The number of hydrogen-bond donors (Lipinski definition) is 0. The minimum Gasteiger partial charge on any atom is -0.493 e. The first kappa shape index (κ1) is 15.8. The molecule has 0 atom stereocenters. The number of halogens is 1. The van der Waals surface area contributed by atoms with Crippen LogP contribution in [-0.4, -0.2) is 21.3 Å². The molecule has 0 aliphatic carbocycles. The van der Waals surface area contributed by atoms with Gasteiger partial charge in [0.1, 0.15) is 0 Å². The van der Waals surface area contributed by atoms with Crippen LogP contribution in [0.25, 0.3) is 0 Å². The Balaban J connectivity index is 2.37. The molecular weight excluding hydrogens is 336 g/mol. The molecular formula is C13H11ClO5S2. The Morgan fingerprint density at radius 3 is 2.43 bits per heavy atom. The van der Waals surface area contributed by atoms with E-state index in [0.29, 0.717) is 9.90 Å². The number of methoxy groups -OCH3 is 1. The normalized spacial score (nSPS) is 11.2. The number of carbonyl (C=O) groups is 1. The fraction of sp³-hybridized carbons (Fsp3) is 0.154. The van der Waals surface area contributed by atoms with E-state index in [0.717, 1.165) is 11.3 Å². The molecule has 0 fully saturated rings. The van der Waals surface area contributed by atoms with Crippen LogP contribution in [0.4, 0.5) is 0 Å². The number of ketones is 1. The Hall–Kier alpha value is -1.57. The highest BCUT2D eigenvalue weighted by atomic mass is 35.5. The number of thiophene rings is 1. The highest BCUT2D eigenvalue weighted by molar-refractivity contribution is 7.89. The first-order valence-electron chi connectivity index (χ1n) is 5.72. The summed E-state index contributed by atoms with van der Waals surface area (Å²) in [5, 5.41) is 0. The van der Waals surface area contributed by atoms with E-state index in [-0.39, 0.29) is 21.5 Å². The molecule has 8 heteroatoms. The van der Waals surface area contributed by atoms with Gasteiger partial charge in [-0.2, -0.15) is 8.42 Å². The molecule has 0 saturated carbocycles. The van der Waals surface area contributed by atoms with E-state index in [2.05, 4.69) is 0 Å². The fourth-order valence-corrected chi connectivity index (χ4v) is 3.93. The number of Topliss-reactive ketones (excluding diaryl/α,β-unsaturated/α-hetero) is 1. The summed E-state index contributed by atoms with van der Waals surface area (Å²) in [7, 11) is -2.63. The highest BCUT2D eigenvalue weighted by Crippen LogP contribution is 2.33. The maximum atomic E-state index is 12.1. The molecule has 0 saturated heterocycles. The Kier molecular flexibility index (Phi) is 4.55. The summed E-state index contributed by atoms with van der Waals surface area (Å²) in [6, 6.07) is 7.10. The molecule has 21 heavy (non-hydrogen) atoms. The predicted octanol–water partition coefficient (Wildman–Crippen LogP) is 3.38. The molecule has 0 aliphatic heterocycles. The largest absolute Gasteiger partial charge is 0.493 e. The lowest BCUT2D eigenvalue weighted by Gasteiger charge is -2.10. The summed E-state index contributed by atoms with van der Waals surface area (Å²) in [5.41, 5.74) is 0.399. The minimum atomic E-state index is -3.99. The zero-order valence-corrected chi connectivity index (χ0v) is 13.5. The van der Waals surface area contributed by atoms with E-state index in [4.69, 9.17) is 20.5 Å². The van der Waals surface area contributed by atoms with E-state index in [9.17, 15) is 13.2 Å². The van der Waals surface area contributed by atoms with Gasteiger partial charge in [0.05, 0.1) is 11.4 Å². The number of rotatable bonds is 5. The second-order valence-electron chi connectivity index (χ2n) is 4.02. The summed E-state index contributed by atoms with van der Waals surface area (Å²) in [5.74, 6) is 0.00805. The SMILES string of the molecule is COc1cc(C(C)=O)ccc1OS(=O)(=O)c1ccc(Cl)s1. The Morgan fingerprint density at radius 1 is 1.19 bits per heavy atom. The molecule has 2 aromatic rings. The van der Waals surface area contributed by atoms with Gasteiger partial charge in [-0.15, -0.1) is 11.3 Å². The van der Waals surface area contributed by atoms with Crippen LogP contribution in [0.2, 0.25) is 4.34 Å². The minimum absolute atomic E-state index is 0.00650. The van der Waals surface area contributed by atoms with Gasteiger partial charge in [0, 0.05) is 5.56 Å². The summed E-state index contributed by atoms with van der Waals surface area (Å²) >= 11 is 6.61. The molecule has 0 radical (unpaired) electrons. The van der Waals surface area contributed by atoms with Gasteiger partial charge in [0.2, 0.25) is 0 Å². The molecule has 1 heterocycles. The average Bonchev–Trinajstić information content (AvgIpc) is 2.86. The number of benzene rings is 1. The van der Waals surface area contributed by atoms with Crippen molar-refractivity contribution in [1.82, 2.24) is 0 Å².